The van der Waals surface area contributed by atoms with Crippen LogP contribution < -0.4 is 11.1 Å². The molecule has 0 fully saturated rings. The van der Waals surface area contributed by atoms with Gasteiger partial charge in [-0.3, -0.25) is 4.79 Å². The number of pyridine rings is 1. The van der Waals surface area contributed by atoms with E-state index in [9.17, 15) is 4.79 Å². The highest BCUT2D eigenvalue weighted by Crippen LogP contribution is 2.03. The van der Waals surface area contributed by atoms with Crippen molar-refractivity contribution in [2.75, 3.05) is 25.9 Å². The summed E-state index contributed by atoms with van der Waals surface area (Å²) < 4.78 is 0. The predicted molar refractivity (Wildman–Crippen MR) is 78.0 cm³/mol. The van der Waals surface area contributed by atoms with Crippen LogP contribution in [0.2, 0.25) is 0 Å². The van der Waals surface area contributed by atoms with Gasteiger partial charge in [0.15, 0.2) is 0 Å². The lowest BCUT2D eigenvalue weighted by molar-refractivity contribution is 0.0952. The van der Waals surface area contributed by atoms with E-state index in [-0.39, 0.29) is 5.91 Å². The van der Waals surface area contributed by atoms with E-state index in [1.807, 2.05) is 0 Å². The number of carbonyl (C=O) groups excluding carboxylic acids is 1. The molecule has 106 valence electrons. The third-order valence-electron chi connectivity index (χ3n) is 3.15. The van der Waals surface area contributed by atoms with Crippen molar-refractivity contribution < 1.29 is 4.79 Å². The first-order valence-electron chi connectivity index (χ1n) is 6.70. The Morgan fingerprint density at radius 2 is 2.21 bits per heavy atom. The Hall–Kier alpha value is -1.62. The number of rotatable bonds is 7. The molecule has 0 spiro atoms. The van der Waals surface area contributed by atoms with Gasteiger partial charge in [-0.2, -0.15) is 0 Å². The van der Waals surface area contributed by atoms with Gasteiger partial charge in [-0.15, -0.1) is 0 Å². The molecule has 0 saturated carbocycles. The third-order valence-corrected chi connectivity index (χ3v) is 3.15. The number of nitrogen functional groups attached to an aromatic ring is 1. The quantitative estimate of drug-likeness (QED) is 0.732. The van der Waals surface area contributed by atoms with E-state index in [1.165, 1.54) is 0 Å². The first-order chi connectivity index (χ1) is 9.00. The van der Waals surface area contributed by atoms with E-state index in [1.54, 1.807) is 18.3 Å². The number of nitrogens with zero attached hydrogens (tertiary/aromatic N) is 2. The zero-order valence-corrected chi connectivity index (χ0v) is 12.0. The number of aromatic nitrogens is 1. The fourth-order valence-electron chi connectivity index (χ4n) is 1.64. The SMILES string of the molecule is CC(C)N(C)CCCCNC(=O)c1ccnc(N)c1. The van der Waals surface area contributed by atoms with Crippen molar-refractivity contribution in [2.45, 2.75) is 32.7 Å². The van der Waals surface area contributed by atoms with E-state index in [0.717, 1.165) is 19.4 Å². The summed E-state index contributed by atoms with van der Waals surface area (Å²) in [5.74, 6) is 0.275. The lowest BCUT2D eigenvalue weighted by atomic mass is 10.2. The second-order valence-electron chi connectivity index (χ2n) is 5.01. The van der Waals surface area contributed by atoms with Crippen molar-refractivity contribution in [3.05, 3.63) is 23.9 Å². The molecule has 3 N–H and O–H groups in total. The van der Waals surface area contributed by atoms with Crippen LogP contribution in [0.3, 0.4) is 0 Å². The molecule has 1 heterocycles. The molecule has 5 heteroatoms. The summed E-state index contributed by atoms with van der Waals surface area (Å²) in [6, 6.07) is 3.81. The van der Waals surface area contributed by atoms with Gasteiger partial charge in [-0.05, 0) is 52.4 Å². The second kappa shape index (κ2) is 7.74. The van der Waals surface area contributed by atoms with Gasteiger partial charge in [-0.1, -0.05) is 0 Å². The third kappa shape index (κ3) is 5.70. The van der Waals surface area contributed by atoms with Crippen LogP contribution in [0.25, 0.3) is 0 Å². The summed E-state index contributed by atoms with van der Waals surface area (Å²) in [7, 11) is 2.11. The maximum atomic E-state index is 11.8. The van der Waals surface area contributed by atoms with Crippen LogP contribution in [-0.2, 0) is 0 Å². The number of nitrogens with one attached hydrogen (secondary N) is 1. The molecule has 0 aromatic carbocycles. The van der Waals surface area contributed by atoms with E-state index in [0.29, 0.717) is 24.0 Å². The zero-order valence-electron chi connectivity index (χ0n) is 12.0. The summed E-state index contributed by atoms with van der Waals surface area (Å²) in [5.41, 5.74) is 6.10. The topological polar surface area (TPSA) is 71.2 Å². The normalized spacial score (nSPS) is 11.0. The summed E-state index contributed by atoms with van der Waals surface area (Å²) in [6.45, 7) is 6.09. The van der Waals surface area contributed by atoms with Gasteiger partial charge >= 0.3 is 0 Å². The van der Waals surface area contributed by atoms with Gasteiger partial charge in [0.1, 0.15) is 5.82 Å². The Morgan fingerprint density at radius 3 is 2.84 bits per heavy atom. The lowest BCUT2D eigenvalue weighted by Crippen LogP contribution is -2.29. The molecule has 0 radical (unpaired) electrons. The van der Waals surface area contributed by atoms with Crippen LogP contribution >= 0.6 is 0 Å². The van der Waals surface area contributed by atoms with Crippen LogP contribution in [0.5, 0.6) is 0 Å². The van der Waals surface area contributed by atoms with Crippen LogP contribution in [0.15, 0.2) is 18.3 Å². The molecule has 0 bridgehead atoms. The molecule has 1 amide bonds. The average Bonchev–Trinajstić information content (AvgIpc) is 2.37. The smallest absolute Gasteiger partial charge is 0.251 e. The lowest BCUT2D eigenvalue weighted by Gasteiger charge is -2.20. The van der Waals surface area contributed by atoms with Crippen LogP contribution in [0.1, 0.15) is 37.0 Å². The first-order valence-corrected chi connectivity index (χ1v) is 6.70. The molecular formula is C14H24N4O. The molecule has 0 atom stereocenters. The first kappa shape index (κ1) is 15.4. The minimum absolute atomic E-state index is 0.0914. The minimum Gasteiger partial charge on any atom is -0.384 e. The van der Waals surface area contributed by atoms with E-state index in [4.69, 9.17) is 5.73 Å². The summed E-state index contributed by atoms with van der Waals surface area (Å²) in [6.07, 6.45) is 3.60. The number of anilines is 1. The monoisotopic (exact) mass is 264 g/mol. The summed E-state index contributed by atoms with van der Waals surface area (Å²) >= 11 is 0. The van der Waals surface area contributed by atoms with Gasteiger partial charge in [0.25, 0.3) is 5.91 Å². The Bertz CT molecular complexity index is 406. The maximum Gasteiger partial charge on any atom is 0.251 e. The largest absolute Gasteiger partial charge is 0.384 e. The van der Waals surface area contributed by atoms with E-state index in [2.05, 4.69) is 36.1 Å². The highest BCUT2D eigenvalue weighted by Gasteiger charge is 2.06. The number of hydrogen-bond donors (Lipinski definition) is 2. The van der Waals surface area contributed by atoms with E-state index >= 15 is 0 Å². The highest BCUT2D eigenvalue weighted by molar-refractivity contribution is 5.94. The molecule has 0 aliphatic carbocycles. The standard InChI is InChI=1S/C14H24N4O/c1-11(2)18(3)9-5-4-7-17-14(19)12-6-8-16-13(15)10-12/h6,8,10-11H,4-5,7,9H2,1-3H3,(H2,15,16)(H,17,19). The van der Waals surface area contributed by atoms with Gasteiger partial charge in [0, 0.05) is 24.3 Å². The Morgan fingerprint density at radius 1 is 1.47 bits per heavy atom. The predicted octanol–water partition coefficient (Wildman–Crippen LogP) is 1.51. The van der Waals surface area contributed by atoms with Crippen molar-refractivity contribution in [3.63, 3.8) is 0 Å². The number of carbonyl (C=O) groups is 1. The number of nitrogens with two attached hydrogens (primary N) is 1. The van der Waals surface area contributed by atoms with Crippen LogP contribution in [0.4, 0.5) is 5.82 Å². The molecule has 1 rings (SSSR count). The van der Waals surface area contributed by atoms with Crippen LogP contribution in [-0.4, -0.2) is 42.0 Å². The number of amides is 1. The van der Waals surface area contributed by atoms with E-state index < -0.39 is 0 Å². The Labute approximate surface area is 115 Å². The molecule has 5 nitrogen and oxygen atoms in total. The molecule has 19 heavy (non-hydrogen) atoms. The number of hydrogen-bond acceptors (Lipinski definition) is 4. The Kier molecular flexibility index (Phi) is 6.29. The maximum absolute atomic E-state index is 11.8. The molecule has 1 aromatic heterocycles. The number of unbranched alkanes of at least 4 members (excludes halogenated alkanes) is 1. The molecule has 1 aromatic rings. The van der Waals surface area contributed by atoms with Gasteiger partial charge in [0.2, 0.25) is 0 Å². The van der Waals surface area contributed by atoms with Gasteiger partial charge < -0.3 is 16.0 Å². The van der Waals surface area contributed by atoms with Crippen LogP contribution in [0, 0.1) is 0 Å². The minimum atomic E-state index is -0.0914. The fraction of sp³-hybridized carbons (Fsp3) is 0.571. The van der Waals surface area contributed by atoms with Crippen molar-refractivity contribution >= 4 is 11.7 Å². The summed E-state index contributed by atoms with van der Waals surface area (Å²) in [5, 5.41) is 2.89. The zero-order chi connectivity index (χ0) is 14.3. The fourth-order valence-corrected chi connectivity index (χ4v) is 1.64. The average molecular weight is 264 g/mol. The van der Waals surface area contributed by atoms with Crippen molar-refractivity contribution in [1.82, 2.24) is 15.2 Å². The molecular weight excluding hydrogens is 240 g/mol. The molecule has 0 aliphatic heterocycles. The van der Waals surface area contributed by atoms with Crippen molar-refractivity contribution in [2.24, 2.45) is 0 Å². The van der Waals surface area contributed by atoms with Gasteiger partial charge in [-0.25, -0.2) is 4.98 Å². The highest BCUT2D eigenvalue weighted by atomic mass is 16.1. The summed E-state index contributed by atoms with van der Waals surface area (Å²) in [4.78, 5) is 18.0. The molecule has 0 saturated heterocycles. The van der Waals surface area contributed by atoms with Gasteiger partial charge in [0.05, 0.1) is 0 Å². The van der Waals surface area contributed by atoms with Crippen molar-refractivity contribution in [1.29, 1.82) is 0 Å². The molecule has 0 aliphatic rings. The Balaban J connectivity index is 2.21. The van der Waals surface area contributed by atoms with Crippen molar-refractivity contribution in [3.8, 4) is 0 Å². The second-order valence-corrected chi connectivity index (χ2v) is 5.01. The molecule has 0 unspecified atom stereocenters.